The lowest BCUT2D eigenvalue weighted by molar-refractivity contribution is 0.155. The molecule has 1 aromatic carbocycles. The lowest BCUT2D eigenvalue weighted by atomic mass is 10.1. The fraction of sp³-hybridized carbons (Fsp3) is 0.320. The molecule has 1 saturated heterocycles. The van der Waals surface area contributed by atoms with Gasteiger partial charge >= 0.3 is 0 Å². The van der Waals surface area contributed by atoms with E-state index in [9.17, 15) is 0 Å². The van der Waals surface area contributed by atoms with Crippen molar-refractivity contribution in [2.75, 3.05) is 39.8 Å². The summed E-state index contributed by atoms with van der Waals surface area (Å²) in [5.74, 6) is 0. The first kappa shape index (κ1) is 20.4. The Balaban J connectivity index is 1.28. The molecule has 0 bridgehead atoms. The number of aryl methyl sites for hydroxylation is 1. The summed E-state index contributed by atoms with van der Waals surface area (Å²) in [4.78, 5) is 4.97. The summed E-state index contributed by atoms with van der Waals surface area (Å²) in [6.07, 6.45) is 11.5. The molecular weight excluding hydrogens is 370 g/mol. The van der Waals surface area contributed by atoms with Crippen molar-refractivity contribution in [3.63, 3.8) is 0 Å². The van der Waals surface area contributed by atoms with Gasteiger partial charge in [0.05, 0.1) is 11.4 Å². The Labute approximate surface area is 179 Å². The van der Waals surface area contributed by atoms with Crippen LogP contribution in [-0.4, -0.2) is 64.3 Å². The molecule has 0 aliphatic carbocycles. The lowest BCUT2D eigenvalue weighted by Crippen LogP contribution is -2.45. The number of hydrogen-bond donors (Lipinski definition) is 1. The maximum absolute atomic E-state index is 4.38. The largest absolute Gasteiger partial charge is 0.351 e. The Morgan fingerprint density at radius 1 is 0.933 bits per heavy atom. The Hall–Kier alpha value is -2.89. The number of hydrogen-bond acceptors (Lipinski definition) is 3. The summed E-state index contributed by atoms with van der Waals surface area (Å²) in [7, 11) is 4.24. The van der Waals surface area contributed by atoms with Crippen molar-refractivity contribution in [1.82, 2.24) is 24.6 Å². The molecule has 0 saturated carbocycles. The second kappa shape index (κ2) is 9.74. The van der Waals surface area contributed by atoms with E-state index in [-0.39, 0.29) is 0 Å². The highest BCUT2D eigenvalue weighted by Gasteiger charge is 2.12. The molecule has 1 aliphatic heterocycles. The molecule has 3 heterocycles. The zero-order chi connectivity index (χ0) is 20.8. The first-order valence-corrected chi connectivity index (χ1v) is 10.7. The van der Waals surface area contributed by atoms with Crippen LogP contribution in [0.1, 0.15) is 28.2 Å². The van der Waals surface area contributed by atoms with Gasteiger partial charge in [-0.05, 0) is 61.0 Å². The van der Waals surface area contributed by atoms with Crippen LogP contribution in [0.25, 0.3) is 24.3 Å². The number of aromatic nitrogens is 3. The third-order valence-electron chi connectivity index (χ3n) is 5.77. The zero-order valence-electron chi connectivity index (χ0n) is 18.0. The standard InChI is InChI=1S/C25H31N5/c1-28-16-18-30(19-17-28)15-13-22-7-5-21(6-8-22)9-10-23-20-24(27-26-23)11-12-25-4-3-14-29(25)2/h3-12,14,20H,13,15-19H2,1-2H3,(H,26,27). The van der Waals surface area contributed by atoms with E-state index in [4.69, 9.17) is 0 Å². The summed E-state index contributed by atoms with van der Waals surface area (Å²) in [6.45, 7) is 5.88. The van der Waals surface area contributed by atoms with Crippen molar-refractivity contribution in [1.29, 1.82) is 0 Å². The maximum Gasteiger partial charge on any atom is 0.0854 e. The predicted molar refractivity (Wildman–Crippen MR) is 126 cm³/mol. The van der Waals surface area contributed by atoms with Crippen molar-refractivity contribution in [2.24, 2.45) is 7.05 Å². The molecule has 5 heteroatoms. The number of nitrogens with zero attached hydrogens (tertiary/aromatic N) is 4. The predicted octanol–water partition coefficient (Wildman–Crippen LogP) is 3.88. The monoisotopic (exact) mass is 401 g/mol. The van der Waals surface area contributed by atoms with E-state index in [1.54, 1.807) is 0 Å². The second-order valence-corrected chi connectivity index (χ2v) is 8.10. The summed E-state index contributed by atoms with van der Waals surface area (Å²) in [5.41, 5.74) is 5.69. The van der Waals surface area contributed by atoms with E-state index in [1.165, 1.54) is 37.3 Å². The smallest absolute Gasteiger partial charge is 0.0854 e. The van der Waals surface area contributed by atoms with Gasteiger partial charge in [0.2, 0.25) is 0 Å². The fourth-order valence-corrected chi connectivity index (χ4v) is 3.68. The molecule has 1 N–H and O–H groups in total. The molecule has 0 atom stereocenters. The van der Waals surface area contributed by atoms with Gasteiger partial charge in [-0.15, -0.1) is 0 Å². The first-order chi connectivity index (χ1) is 14.7. The van der Waals surface area contributed by atoms with Crippen molar-refractivity contribution >= 4 is 24.3 Å². The molecule has 1 aliphatic rings. The number of piperazine rings is 1. The fourth-order valence-electron chi connectivity index (χ4n) is 3.68. The molecule has 156 valence electrons. The van der Waals surface area contributed by atoms with Crippen molar-refractivity contribution in [2.45, 2.75) is 6.42 Å². The molecule has 0 unspecified atom stereocenters. The van der Waals surface area contributed by atoms with Crippen molar-refractivity contribution < 1.29 is 0 Å². The molecule has 4 rings (SSSR count). The van der Waals surface area contributed by atoms with E-state index in [1.807, 2.05) is 19.3 Å². The van der Waals surface area contributed by atoms with E-state index in [2.05, 4.69) is 92.3 Å². The van der Waals surface area contributed by atoms with E-state index < -0.39 is 0 Å². The van der Waals surface area contributed by atoms with Crippen LogP contribution in [0.5, 0.6) is 0 Å². The normalized spacial score (nSPS) is 16.2. The number of H-pyrrole nitrogens is 1. The SMILES string of the molecule is CN1CCN(CCc2ccc(C=Cc3cc(C=Cc4cccn4C)[nH]n3)cc2)CC1. The number of nitrogens with one attached hydrogen (secondary N) is 1. The molecule has 2 aromatic heterocycles. The van der Waals surface area contributed by atoms with Crippen LogP contribution in [-0.2, 0) is 13.5 Å². The number of benzene rings is 1. The Kier molecular flexibility index (Phi) is 6.62. The third-order valence-corrected chi connectivity index (χ3v) is 5.77. The van der Waals surface area contributed by atoms with E-state index >= 15 is 0 Å². The Morgan fingerprint density at radius 3 is 2.47 bits per heavy atom. The van der Waals surface area contributed by atoms with Crippen LogP contribution in [0.2, 0.25) is 0 Å². The minimum Gasteiger partial charge on any atom is -0.351 e. The van der Waals surface area contributed by atoms with Gasteiger partial charge in [-0.2, -0.15) is 5.10 Å². The number of likely N-dealkylation sites (N-methyl/N-ethyl adjacent to an activating group) is 1. The highest BCUT2D eigenvalue weighted by atomic mass is 15.2. The minimum absolute atomic E-state index is 0.931. The van der Waals surface area contributed by atoms with Crippen molar-refractivity contribution in [3.05, 3.63) is 76.9 Å². The van der Waals surface area contributed by atoms with Gasteiger partial charge in [0.25, 0.3) is 0 Å². The van der Waals surface area contributed by atoms with Crippen LogP contribution in [0.4, 0.5) is 0 Å². The topological polar surface area (TPSA) is 40.1 Å². The van der Waals surface area contributed by atoms with Crippen molar-refractivity contribution in [3.8, 4) is 0 Å². The van der Waals surface area contributed by atoms with E-state index in [0.717, 1.165) is 30.0 Å². The summed E-state index contributed by atoms with van der Waals surface area (Å²) >= 11 is 0. The van der Waals surface area contributed by atoms with Gasteiger partial charge in [-0.25, -0.2) is 0 Å². The van der Waals surface area contributed by atoms with Crippen LogP contribution in [0.3, 0.4) is 0 Å². The summed E-state index contributed by atoms with van der Waals surface area (Å²) in [5, 5.41) is 7.46. The molecule has 30 heavy (non-hydrogen) atoms. The summed E-state index contributed by atoms with van der Waals surface area (Å²) < 4.78 is 2.09. The minimum atomic E-state index is 0.931. The van der Waals surface area contributed by atoms with E-state index in [0.29, 0.717) is 0 Å². The van der Waals surface area contributed by atoms with Gasteiger partial charge in [0.15, 0.2) is 0 Å². The maximum atomic E-state index is 4.38. The van der Waals surface area contributed by atoms with Crippen LogP contribution in [0, 0.1) is 0 Å². The number of rotatable bonds is 7. The van der Waals surface area contributed by atoms with Crippen LogP contribution in [0.15, 0.2) is 48.7 Å². The number of aromatic amines is 1. The first-order valence-electron chi connectivity index (χ1n) is 10.7. The average Bonchev–Trinajstić information content (AvgIpc) is 3.39. The van der Waals surface area contributed by atoms with Crippen LogP contribution < -0.4 is 0 Å². The average molecular weight is 402 g/mol. The van der Waals surface area contributed by atoms with Crippen LogP contribution >= 0.6 is 0 Å². The second-order valence-electron chi connectivity index (χ2n) is 8.10. The van der Waals surface area contributed by atoms with Gasteiger partial charge in [-0.1, -0.05) is 30.3 Å². The lowest BCUT2D eigenvalue weighted by Gasteiger charge is -2.32. The molecule has 5 nitrogen and oxygen atoms in total. The third kappa shape index (κ3) is 5.59. The molecule has 0 radical (unpaired) electrons. The Morgan fingerprint density at radius 2 is 1.73 bits per heavy atom. The Bertz CT molecular complexity index is 985. The zero-order valence-corrected chi connectivity index (χ0v) is 18.0. The molecule has 3 aromatic rings. The van der Waals surface area contributed by atoms with Gasteiger partial charge < -0.3 is 14.4 Å². The summed E-state index contributed by atoms with van der Waals surface area (Å²) in [6, 6.07) is 15.1. The molecule has 0 amide bonds. The van der Waals surface area contributed by atoms with Gasteiger partial charge in [-0.3, -0.25) is 5.10 Å². The van der Waals surface area contributed by atoms with Gasteiger partial charge in [0, 0.05) is 51.7 Å². The highest BCUT2D eigenvalue weighted by Crippen LogP contribution is 2.12. The molecular formula is C25H31N5. The van der Waals surface area contributed by atoms with Gasteiger partial charge in [0.1, 0.15) is 0 Å². The highest BCUT2D eigenvalue weighted by molar-refractivity contribution is 5.71. The molecule has 0 spiro atoms. The molecule has 1 fully saturated rings. The quantitative estimate of drug-likeness (QED) is 0.653.